The number of para-hydroxylation sites is 2. The zero-order chi connectivity index (χ0) is 12.4. The molecule has 2 heterocycles. The van der Waals surface area contributed by atoms with Crippen molar-refractivity contribution >= 4 is 0 Å². The summed E-state index contributed by atoms with van der Waals surface area (Å²) in [6.45, 7) is 0.705. The Hall–Kier alpha value is -2.07. The Morgan fingerprint density at radius 1 is 1.17 bits per heavy atom. The van der Waals surface area contributed by atoms with E-state index >= 15 is 0 Å². The van der Waals surface area contributed by atoms with Crippen molar-refractivity contribution in [2.24, 2.45) is 0 Å². The van der Waals surface area contributed by atoms with E-state index in [1.807, 2.05) is 43.4 Å². The van der Waals surface area contributed by atoms with Gasteiger partial charge in [-0.15, -0.1) is 0 Å². The summed E-state index contributed by atoms with van der Waals surface area (Å²) in [5.41, 5.74) is 0.961. The van der Waals surface area contributed by atoms with E-state index in [0.29, 0.717) is 18.2 Å². The lowest BCUT2D eigenvalue weighted by molar-refractivity contribution is 0.207. The van der Waals surface area contributed by atoms with Crippen LogP contribution in [0.1, 0.15) is 11.7 Å². The van der Waals surface area contributed by atoms with Crippen LogP contribution < -0.4 is 14.8 Å². The molecular formula is C14H14N2O2. The zero-order valence-corrected chi connectivity index (χ0v) is 10.1. The van der Waals surface area contributed by atoms with Crippen LogP contribution in [0.3, 0.4) is 0 Å². The van der Waals surface area contributed by atoms with E-state index in [1.165, 1.54) is 0 Å². The van der Waals surface area contributed by atoms with Crippen molar-refractivity contribution in [3.05, 3.63) is 48.2 Å². The van der Waals surface area contributed by atoms with E-state index in [0.717, 1.165) is 11.3 Å². The standard InChI is InChI=1S/C14H14N2O2/c1-15-9-13-10-5-4-8-16-14(10)18-12-7-3-2-6-11(12)17-13/h2-8,13,15H,9H2,1H3. The van der Waals surface area contributed by atoms with E-state index in [1.54, 1.807) is 6.20 Å². The molecule has 1 N–H and O–H groups in total. The summed E-state index contributed by atoms with van der Waals surface area (Å²) in [4.78, 5) is 4.28. The lowest BCUT2D eigenvalue weighted by Gasteiger charge is -2.16. The number of pyridine rings is 1. The first kappa shape index (κ1) is 11.0. The topological polar surface area (TPSA) is 43.4 Å². The zero-order valence-electron chi connectivity index (χ0n) is 10.1. The quantitative estimate of drug-likeness (QED) is 0.878. The number of benzene rings is 1. The van der Waals surface area contributed by atoms with Crippen LogP contribution in [0.5, 0.6) is 17.4 Å². The number of nitrogens with zero attached hydrogens (tertiary/aromatic N) is 1. The van der Waals surface area contributed by atoms with Gasteiger partial charge in [0.2, 0.25) is 5.88 Å². The molecule has 0 saturated heterocycles. The summed E-state index contributed by atoms with van der Waals surface area (Å²) in [6, 6.07) is 11.5. The molecular weight excluding hydrogens is 228 g/mol. The lowest BCUT2D eigenvalue weighted by atomic mass is 10.1. The molecule has 92 valence electrons. The van der Waals surface area contributed by atoms with E-state index < -0.39 is 0 Å². The third kappa shape index (κ3) is 1.91. The molecule has 0 amide bonds. The van der Waals surface area contributed by atoms with E-state index in [4.69, 9.17) is 9.47 Å². The summed E-state index contributed by atoms with van der Waals surface area (Å²) in [7, 11) is 1.90. The first-order chi connectivity index (χ1) is 8.88. The Morgan fingerprint density at radius 2 is 2.00 bits per heavy atom. The van der Waals surface area contributed by atoms with Gasteiger partial charge < -0.3 is 14.8 Å². The van der Waals surface area contributed by atoms with E-state index in [2.05, 4.69) is 10.3 Å². The highest BCUT2D eigenvalue weighted by Crippen LogP contribution is 2.40. The van der Waals surface area contributed by atoms with Crippen molar-refractivity contribution < 1.29 is 9.47 Å². The predicted octanol–water partition coefficient (Wildman–Crippen LogP) is 2.53. The number of ether oxygens (including phenoxy) is 2. The Balaban J connectivity index is 2.08. The molecule has 18 heavy (non-hydrogen) atoms. The molecule has 1 aliphatic heterocycles. The number of hydrogen-bond donors (Lipinski definition) is 1. The van der Waals surface area contributed by atoms with Crippen molar-refractivity contribution in [3.8, 4) is 17.4 Å². The minimum absolute atomic E-state index is 0.0950. The summed E-state index contributed by atoms with van der Waals surface area (Å²) in [6.07, 6.45) is 1.63. The maximum atomic E-state index is 6.00. The SMILES string of the molecule is CNCC1Oc2ccccc2Oc2ncccc21. The Kier molecular flexibility index (Phi) is 2.86. The third-order valence-corrected chi connectivity index (χ3v) is 2.86. The maximum absolute atomic E-state index is 6.00. The van der Waals surface area contributed by atoms with Crippen molar-refractivity contribution in [3.63, 3.8) is 0 Å². The van der Waals surface area contributed by atoms with Crippen LogP contribution in [0.2, 0.25) is 0 Å². The highest BCUT2D eigenvalue weighted by Gasteiger charge is 2.24. The minimum atomic E-state index is -0.0950. The number of nitrogens with one attached hydrogen (secondary N) is 1. The van der Waals surface area contributed by atoms with Gasteiger partial charge in [-0.2, -0.15) is 0 Å². The van der Waals surface area contributed by atoms with Crippen LogP contribution in [0, 0.1) is 0 Å². The average molecular weight is 242 g/mol. The fourth-order valence-electron chi connectivity index (χ4n) is 2.02. The molecule has 1 aliphatic rings. The smallest absolute Gasteiger partial charge is 0.226 e. The second-order valence-electron chi connectivity index (χ2n) is 4.11. The van der Waals surface area contributed by atoms with Crippen LogP contribution >= 0.6 is 0 Å². The lowest BCUT2D eigenvalue weighted by Crippen LogP contribution is -2.21. The maximum Gasteiger partial charge on any atom is 0.226 e. The molecule has 4 heteroatoms. The van der Waals surface area contributed by atoms with Gasteiger partial charge in [0.15, 0.2) is 11.5 Å². The molecule has 1 aromatic carbocycles. The van der Waals surface area contributed by atoms with Gasteiger partial charge in [0.1, 0.15) is 6.10 Å². The number of rotatable bonds is 2. The summed E-state index contributed by atoms with van der Waals surface area (Å²) < 4.78 is 11.8. The monoisotopic (exact) mass is 242 g/mol. The van der Waals surface area contributed by atoms with Crippen molar-refractivity contribution in [2.75, 3.05) is 13.6 Å². The van der Waals surface area contributed by atoms with E-state index in [-0.39, 0.29) is 6.10 Å². The Morgan fingerprint density at radius 3 is 2.83 bits per heavy atom. The molecule has 0 saturated carbocycles. The Bertz CT molecular complexity index is 557. The van der Waals surface area contributed by atoms with Crippen LogP contribution in [0.15, 0.2) is 42.6 Å². The van der Waals surface area contributed by atoms with Crippen molar-refractivity contribution in [1.29, 1.82) is 0 Å². The molecule has 1 unspecified atom stereocenters. The van der Waals surface area contributed by atoms with Crippen LogP contribution in [-0.4, -0.2) is 18.6 Å². The first-order valence-electron chi connectivity index (χ1n) is 5.91. The number of hydrogen-bond acceptors (Lipinski definition) is 4. The molecule has 0 spiro atoms. The fourth-order valence-corrected chi connectivity index (χ4v) is 2.02. The van der Waals surface area contributed by atoms with Gasteiger partial charge in [-0.25, -0.2) is 4.98 Å². The fraction of sp³-hybridized carbons (Fsp3) is 0.214. The van der Waals surface area contributed by atoms with Gasteiger partial charge in [0.05, 0.1) is 5.56 Å². The normalized spacial score (nSPS) is 16.8. The van der Waals surface area contributed by atoms with Gasteiger partial charge >= 0.3 is 0 Å². The van der Waals surface area contributed by atoms with Gasteiger partial charge in [-0.3, -0.25) is 0 Å². The van der Waals surface area contributed by atoms with Gasteiger partial charge in [0, 0.05) is 12.7 Å². The molecule has 1 aromatic heterocycles. The second kappa shape index (κ2) is 4.66. The van der Waals surface area contributed by atoms with Crippen LogP contribution in [-0.2, 0) is 0 Å². The number of likely N-dealkylation sites (N-methyl/N-ethyl adjacent to an activating group) is 1. The Labute approximate surface area is 106 Å². The summed E-state index contributed by atoms with van der Waals surface area (Å²) >= 11 is 0. The third-order valence-electron chi connectivity index (χ3n) is 2.86. The van der Waals surface area contributed by atoms with Crippen LogP contribution in [0.25, 0.3) is 0 Å². The molecule has 0 radical (unpaired) electrons. The minimum Gasteiger partial charge on any atom is -0.480 e. The van der Waals surface area contributed by atoms with Crippen molar-refractivity contribution in [1.82, 2.24) is 10.3 Å². The van der Waals surface area contributed by atoms with Gasteiger partial charge in [0.25, 0.3) is 0 Å². The van der Waals surface area contributed by atoms with Gasteiger partial charge in [-0.1, -0.05) is 12.1 Å². The second-order valence-corrected chi connectivity index (χ2v) is 4.11. The molecule has 0 bridgehead atoms. The van der Waals surface area contributed by atoms with Crippen LogP contribution in [0.4, 0.5) is 0 Å². The van der Waals surface area contributed by atoms with E-state index in [9.17, 15) is 0 Å². The summed E-state index contributed by atoms with van der Waals surface area (Å²) in [5.74, 6) is 2.06. The molecule has 0 aliphatic carbocycles. The first-order valence-corrected chi connectivity index (χ1v) is 5.91. The van der Waals surface area contributed by atoms with Crippen molar-refractivity contribution in [2.45, 2.75) is 6.10 Å². The molecule has 0 fully saturated rings. The molecule has 2 aromatic rings. The highest BCUT2D eigenvalue weighted by atomic mass is 16.5. The molecule has 3 rings (SSSR count). The average Bonchev–Trinajstić information content (AvgIpc) is 2.56. The molecule has 1 atom stereocenters. The highest BCUT2D eigenvalue weighted by molar-refractivity contribution is 5.46. The summed E-state index contributed by atoms with van der Waals surface area (Å²) in [5, 5.41) is 3.13. The molecule has 4 nitrogen and oxygen atoms in total. The number of fused-ring (bicyclic) bond motifs is 2. The largest absolute Gasteiger partial charge is 0.480 e. The number of aromatic nitrogens is 1. The predicted molar refractivity (Wildman–Crippen MR) is 68.0 cm³/mol. The van der Waals surface area contributed by atoms with Gasteiger partial charge in [-0.05, 0) is 31.3 Å².